The predicted molar refractivity (Wildman–Crippen MR) is 143 cm³/mol. The third-order valence-electron chi connectivity index (χ3n) is 6.60. The van der Waals surface area contributed by atoms with E-state index in [2.05, 4.69) is 28.4 Å². The SMILES string of the molecule is CN1CCN(NC(=S)N(CCc2cncn2Cc2ccc(C#N)cc2)Cc2ccccc2C(F)(F)F)CC1. The molecule has 4 rings (SSSR count). The molecule has 0 saturated carbocycles. The van der Waals surface area contributed by atoms with Gasteiger partial charge in [0, 0.05) is 64.1 Å². The lowest BCUT2D eigenvalue weighted by Gasteiger charge is -2.36. The van der Waals surface area contributed by atoms with Gasteiger partial charge in [-0.2, -0.15) is 18.4 Å². The van der Waals surface area contributed by atoms with Crippen LogP contribution < -0.4 is 5.43 Å². The van der Waals surface area contributed by atoms with Gasteiger partial charge in [0.05, 0.1) is 23.5 Å². The smallest absolute Gasteiger partial charge is 0.343 e. The molecule has 3 aromatic rings. The quantitative estimate of drug-likeness (QED) is 0.434. The van der Waals surface area contributed by atoms with Crippen molar-refractivity contribution in [3.63, 3.8) is 0 Å². The number of benzene rings is 2. The normalized spacial score (nSPS) is 14.7. The van der Waals surface area contributed by atoms with Crippen molar-refractivity contribution in [2.75, 3.05) is 39.8 Å². The Kier molecular flexibility index (Phi) is 8.99. The minimum absolute atomic E-state index is 0.0268. The second-order valence-electron chi connectivity index (χ2n) is 9.36. The van der Waals surface area contributed by atoms with E-state index in [9.17, 15) is 13.2 Å². The van der Waals surface area contributed by atoms with E-state index in [0.29, 0.717) is 30.2 Å². The van der Waals surface area contributed by atoms with Crippen molar-refractivity contribution in [3.05, 3.63) is 89.0 Å². The summed E-state index contributed by atoms with van der Waals surface area (Å²) in [6.07, 6.45) is -0.413. The number of likely N-dealkylation sites (N-methyl/N-ethyl adjacent to an activating group) is 1. The number of hydrazine groups is 1. The number of thiocarbonyl (C=S) groups is 1. The van der Waals surface area contributed by atoms with Crippen molar-refractivity contribution in [3.8, 4) is 6.07 Å². The fraction of sp³-hybridized carbons (Fsp3) is 0.370. The molecule has 1 aromatic heterocycles. The molecular formula is C27H30F3N7S. The van der Waals surface area contributed by atoms with Gasteiger partial charge >= 0.3 is 6.18 Å². The molecule has 7 nitrogen and oxygen atoms in total. The summed E-state index contributed by atoms with van der Waals surface area (Å²) < 4.78 is 43.2. The maximum absolute atomic E-state index is 13.7. The summed E-state index contributed by atoms with van der Waals surface area (Å²) in [6.45, 7) is 4.29. The lowest BCUT2D eigenvalue weighted by atomic mass is 10.1. The maximum atomic E-state index is 13.7. The molecule has 0 radical (unpaired) electrons. The molecule has 38 heavy (non-hydrogen) atoms. The van der Waals surface area contributed by atoms with Gasteiger partial charge in [0.2, 0.25) is 0 Å². The Balaban J connectivity index is 1.50. The highest BCUT2D eigenvalue weighted by molar-refractivity contribution is 7.80. The van der Waals surface area contributed by atoms with Crippen molar-refractivity contribution in [2.45, 2.75) is 25.7 Å². The van der Waals surface area contributed by atoms with E-state index in [0.717, 1.165) is 43.5 Å². The molecular weight excluding hydrogens is 511 g/mol. The molecule has 1 aliphatic rings. The summed E-state index contributed by atoms with van der Waals surface area (Å²) in [7, 11) is 2.05. The summed E-state index contributed by atoms with van der Waals surface area (Å²) in [4.78, 5) is 8.29. The Morgan fingerprint density at radius 3 is 2.50 bits per heavy atom. The first-order valence-corrected chi connectivity index (χ1v) is 12.8. The van der Waals surface area contributed by atoms with E-state index in [4.69, 9.17) is 17.5 Å². The Hall–Kier alpha value is -3.46. The first-order valence-electron chi connectivity index (χ1n) is 12.3. The molecule has 200 valence electrons. The second-order valence-corrected chi connectivity index (χ2v) is 9.74. The van der Waals surface area contributed by atoms with Crippen LogP contribution in [-0.4, -0.2) is 69.2 Å². The van der Waals surface area contributed by atoms with Gasteiger partial charge in [-0.3, -0.25) is 5.43 Å². The Bertz CT molecular complexity index is 1260. The lowest BCUT2D eigenvalue weighted by molar-refractivity contribution is -0.138. The van der Waals surface area contributed by atoms with Crippen LogP contribution in [0.5, 0.6) is 0 Å². The van der Waals surface area contributed by atoms with Crippen LogP contribution in [0.2, 0.25) is 0 Å². The lowest BCUT2D eigenvalue weighted by Crippen LogP contribution is -2.55. The average Bonchev–Trinajstić information content (AvgIpc) is 3.34. The van der Waals surface area contributed by atoms with Crippen LogP contribution >= 0.6 is 12.2 Å². The first kappa shape index (κ1) is 27.6. The van der Waals surface area contributed by atoms with Gasteiger partial charge in [0.15, 0.2) is 5.11 Å². The number of imidazole rings is 1. The van der Waals surface area contributed by atoms with Crippen molar-refractivity contribution in [1.82, 2.24) is 29.8 Å². The Labute approximate surface area is 226 Å². The summed E-state index contributed by atoms with van der Waals surface area (Å²) in [5.74, 6) is 0. The van der Waals surface area contributed by atoms with Gasteiger partial charge in [-0.25, -0.2) is 9.99 Å². The number of hydrogen-bond acceptors (Lipinski definition) is 5. The Morgan fingerprint density at radius 1 is 1.11 bits per heavy atom. The third kappa shape index (κ3) is 7.31. The van der Waals surface area contributed by atoms with Crippen LogP contribution in [0.3, 0.4) is 0 Å². The fourth-order valence-corrected chi connectivity index (χ4v) is 4.63. The van der Waals surface area contributed by atoms with Crippen molar-refractivity contribution in [2.24, 2.45) is 0 Å². The number of nitriles is 1. The number of piperazine rings is 1. The number of hydrogen-bond donors (Lipinski definition) is 1. The summed E-state index contributed by atoms with van der Waals surface area (Å²) in [5.41, 5.74) is 5.32. The number of nitrogens with zero attached hydrogens (tertiary/aromatic N) is 6. The first-order chi connectivity index (χ1) is 18.2. The van der Waals surface area contributed by atoms with Crippen LogP contribution in [0.25, 0.3) is 0 Å². The van der Waals surface area contributed by atoms with Gasteiger partial charge in [0.25, 0.3) is 0 Å². The molecule has 1 fully saturated rings. The van der Waals surface area contributed by atoms with Gasteiger partial charge in [-0.05, 0) is 48.6 Å². The molecule has 11 heteroatoms. The molecule has 0 atom stereocenters. The minimum atomic E-state index is -4.45. The van der Waals surface area contributed by atoms with E-state index >= 15 is 0 Å². The Morgan fingerprint density at radius 2 is 1.82 bits per heavy atom. The van der Waals surface area contributed by atoms with Crippen molar-refractivity contribution >= 4 is 17.3 Å². The molecule has 0 unspecified atom stereocenters. The summed E-state index contributed by atoms with van der Waals surface area (Å²) >= 11 is 5.71. The van der Waals surface area contributed by atoms with E-state index in [1.165, 1.54) is 12.1 Å². The molecule has 1 saturated heterocycles. The molecule has 1 N–H and O–H groups in total. The van der Waals surface area contributed by atoms with Gasteiger partial charge < -0.3 is 14.4 Å². The molecule has 0 bridgehead atoms. The van der Waals surface area contributed by atoms with Gasteiger partial charge in [-0.1, -0.05) is 30.3 Å². The summed E-state index contributed by atoms with van der Waals surface area (Å²) in [5, 5.41) is 11.4. The zero-order chi connectivity index (χ0) is 27.1. The molecule has 0 spiro atoms. The van der Waals surface area contributed by atoms with Gasteiger partial charge in [0.1, 0.15) is 0 Å². The number of nitrogens with one attached hydrogen (secondary N) is 1. The van der Waals surface area contributed by atoms with Crippen LogP contribution in [0.4, 0.5) is 13.2 Å². The highest BCUT2D eigenvalue weighted by atomic mass is 32.1. The zero-order valence-corrected chi connectivity index (χ0v) is 22.0. The summed E-state index contributed by atoms with van der Waals surface area (Å²) in [6, 6.07) is 15.1. The minimum Gasteiger partial charge on any atom is -0.343 e. The third-order valence-corrected chi connectivity index (χ3v) is 6.95. The highest BCUT2D eigenvalue weighted by Gasteiger charge is 2.33. The van der Waals surface area contributed by atoms with Crippen molar-refractivity contribution < 1.29 is 13.2 Å². The van der Waals surface area contributed by atoms with Crippen LogP contribution in [-0.2, 0) is 25.7 Å². The van der Waals surface area contributed by atoms with E-state index in [-0.39, 0.29) is 12.1 Å². The van der Waals surface area contributed by atoms with E-state index < -0.39 is 11.7 Å². The number of alkyl halides is 3. The van der Waals surface area contributed by atoms with E-state index in [1.807, 2.05) is 21.7 Å². The molecule has 0 amide bonds. The second kappa shape index (κ2) is 12.4. The zero-order valence-electron chi connectivity index (χ0n) is 21.2. The van der Waals surface area contributed by atoms with Crippen LogP contribution in [0.15, 0.2) is 61.1 Å². The fourth-order valence-electron chi connectivity index (χ4n) is 4.35. The number of halogens is 3. The monoisotopic (exact) mass is 541 g/mol. The highest BCUT2D eigenvalue weighted by Crippen LogP contribution is 2.32. The van der Waals surface area contributed by atoms with Gasteiger partial charge in [-0.15, -0.1) is 0 Å². The molecule has 1 aliphatic heterocycles. The largest absolute Gasteiger partial charge is 0.416 e. The standard InChI is InChI=1S/C27H30F3N7S/c1-34-12-14-37(15-13-34)33-26(38)35(19-23-4-2-3-5-25(23)27(28,29)30)11-10-24-17-32-20-36(24)18-22-8-6-21(16-31)7-9-22/h2-9,17,20H,10-15,18-19H2,1H3,(H,33,38). The average molecular weight is 542 g/mol. The van der Waals surface area contributed by atoms with Crippen LogP contribution in [0.1, 0.15) is 27.9 Å². The van der Waals surface area contributed by atoms with E-state index in [1.54, 1.807) is 35.6 Å². The molecule has 2 heterocycles. The molecule has 0 aliphatic carbocycles. The number of aromatic nitrogens is 2. The van der Waals surface area contributed by atoms with Crippen LogP contribution in [0, 0.1) is 11.3 Å². The number of rotatable bonds is 8. The van der Waals surface area contributed by atoms with Crippen molar-refractivity contribution in [1.29, 1.82) is 5.26 Å². The topological polar surface area (TPSA) is 63.4 Å². The maximum Gasteiger partial charge on any atom is 0.416 e. The predicted octanol–water partition coefficient (Wildman–Crippen LogP) is 3.90. The molecule has 2 aromatic carbocycles.